The van der Waals surface area contributed by atoms with E-state index in [1.54, 1.807) is 29.5 Å². The Morgan fingerprint density at radius 3 is 2.95 bits per heavy atom. The van der Waals surface area contributed by atoms with Crippen molar-refractivity contribution in [3.8, 4) is 0 Å². The summed E-state index contributed by atoms with van der Waals surface area (Å²) in [5.74, 6) is 0.757. The molecule has 1 aliphatic rings. The van der Waals surface area contributed by atoms with Gasteiger partial charge in [-0.05, 0) is 18.9 Å². The minimum absolute atomic E-state index is 0.0723. The molecule has 2 aromatic rings. The second kappa shape index (κ2) is 6.51. The second-order valence-electron chi connectivity index (χ2n) is 5.43. The van der Waals surface area contributed by atoms with Crippen LogP contribution in [-0.4, -0.2) is 30.5 Å². The fourth-order valence-electron chi connectivity index (χ4n) is 2.83. The van der Waals surface area contributed by atoms with Crippen LogP contribution in [0.4, 0.5) is 0 Å². The van der Waals surface area contributed by atoms with Crippen molar-refractivity contribution in [1.82, 2.24) is 29.9 Å². The zero-order valence-corrected chi connectivity index (χ0v) is 12.0. The number of nitrogens with zero attached hydrogens (tertiary/aromatic N) is 5. The van der Waals surface area contributed by atoms with E-state index in [4.69, 9.17) is 0 Å². The molecule has 0 radical (unpaired) electrons. The first-order chi connectivity index (χ1) is 10.3. The molecular weight excluding hydrogens is 268 g/mol. The van der Waals surface area contributed by atoms with Crippen molar-refractivity contribution in [3.05, 3.63) is 30.6 Å². The fraction of sp³-hybridized carbons (Fsp3) is 0.571. The van der Waals surface area contributed by atoms with E-state index in [1.807, 2.05) is 0 Å². The molecule has 0 aliphatic heterocycles. The van der Waals surface area contributed by atoms with Gasteiger partial charge in [0.15, 0.2) is 5.82 Å². The third-order valence-corrected chi connectivity index (χ3v) is 3.92. The van der Waals surface area contributed by atoms with Gasteiger partial charge < -0.3 is 9.88 Å². The van der Waals surface area contributed by atoms with Crippen LogP contribution in [-0.2, 0) is 17.9 Å². The maximum absolute atomic E-state index is 11.9. The van der Waals surface area contributed by atoms with Crippen LogP contribution in [0.5, 0.6) is 0 Å². The molecule has 7 heteroatoms. The minimum atomic E-state index is -0.0723. The van der Waals surface area contributed by atoms with Crippen LogP contribution in [0, 0.1) is 0 Å². The van der Waals surface area contributed by atoms with Gasteiger partial charge in [0, 0.05) is 18.4 Å². The van der Waals surface area contributed by atoms with E-state index in [-0.39, 0.29) is 12.5 Å². The molecule has 0 unspecified atom stereocenters. The number of amides is 1. The van der Waals surface area contributed by atoms with Gasteiger partial charge in [-0.15, -0.1) is 10.2 Å². The van der Waals surface area contributed by atoms with Gasteiger partial charge >= 0.3 is 0 Å². The lowest BCUT2D eigenvalue weighted by Crippen LogP contribution is -2.29. The molecule has 2 heterocycles. The van der Waals surface area contributed by atoms with Crippen LogP contribution in [0.15, 0.2) is 24.8 Å². The molecule has 1 fully saturated rings. The van der Waals surface area contributed by atoms with Crippen LogP contribution in [0.25, 0.3) is 0 Å². The summed E-state index contributed by atoms with van der Waals surface area (Å²) in [6, 6.07) is 2.28. The first kappa shape index (κ1) is 13.8. The van der Waals surface area contributed by atoms with Crippen LogP contribution in [0.2, 0.25) is 0 Å². The van der Waals surface area contributed by atoms with E-state index < -0.39 is 0 Å². The molecule has 1 aliphatic carbocycles. The Hall–Kier alpha value is -2.18. The lowest BCUT2D eigenvalue weighted by molar-refractivity contribution is -0.122. The molecule has 2 aromatic heterocycles. The summed E-state index contributed by atoms with van der Waals surface area (Å²) in [6.45, 7) is 0.640. The molecular formula is C14H20N6O. The van der Waals surface area contributed by atoms with Gasteiger partial charge in [-0.2, -0.15) is 5.10 Å². The molecule has 3 rings (SSSR count). The van der Waals surface area contributed by atoms with E-state index in [0.29, 0.717) is 12.6 Å². The van der Waals surface area contributed by atoms with E-state index in [2.05, 4.69) is 25.2 Å². The predicted octanol–water partition coefficient (Wildman–Crippen LogP) is 1.30. The number of aromatic nitrogens is 5. The van der Waals surface area contributed by atoms with Crippen molar-refractivity contribution in [2.24, 2.45) is 0 Å². The van der Waals surface area contributed by atoms with Crippen molar-refractivity contribution in [2.45, 2.75) is 51.2 Å². The molecule has 112 valence electrons. The first-order valence-corrected chi connectivity index (χ1v) is 7.45. The van der Waals surface area contributed by atoms with Gasteiger partial charge in [0.2, 0.25) is 5.91 Å². The molecule has 7 nitrogen and oxygen atoms in total. The Balaban J connectivity index is 1.55. The summed E-state index contributed by atoms with van der Waals surface area (Å²) in [5.41, 5.74) is 0. The molecule has 1 amide bonds. The van der Waals surface area contributed by atoms with E-state index in [0.717, 1.165) is 5.82 Å². The van der Waals surface area contributed by atoms with E-state index >= 15 is 0 Å². The molecule has 21 heavy (non-hydrogen) atoms. The average Bonchev–Trinajstić information content (AvgIpc) is 3.17. The largest absolute Gasteiger partial charge is 0.347 e. The number of carbonyl (C=O) groups excluding carboxylic acids is 1. The molecule has 0 spiro atoms. The van der Waals surface area contributed by atoms with Gasteiger partial charge in [-0.1, -0.05) is 19.3 Å². The third kappa shape index (κ3) is 3.48. The van der Waals surface area contributed by atoms with Crippen LogP contribution < -0.4 is 5.32 Å². The van der Waals surface area contributed by atoms with Crippen LogP contribution in [0.1, 0.15) is 44.0 Å². The van der Waals surface area contributed by atoms with Crippen molar-refractivity contribution in [1.29, 1.82) is 0 Å². The summed E-state index contributed by atoms with van der Waals surface area (Å²) < 4.78 is 3.72. The molecule has 0 saturated heterocycles. The summed E-state index contributed by atoms with van der Waals surface area (Å²) in [5, 5.41) is 15.0. The zero-order chi connectivity index (χ0) is 14.5. The molecule has 0 aromatic carbocycles. The Kier molecular flexibility index (Phi) is 4.28. The summed E-state index contributed by atoms with van der Waals surface area (Å²) >= 11 is 0. The smallest absolute Gasteiger partial charge is 0.242 e. The summed E-state index contributed by atoms with van der Waals surface area (Å²) in [6.07, 6.45) is 11.4. The molecule has 1 N–H and O–H groups in total. The number of carbonyl (C=O) groups is 1. The van der Waals surface area contributed by atoms with Gasteiger partial charge in [0.1, 0.15) is 12.9 Å². The van der Waals surface area contributed by atoms with Crippen LogP contribution in [0.3, 0.4) is 0 Å². The lowest BCUT2D eigenvalue weighted by Gasteiger charge is -2.24. The van der Waals surface area contributed by atoms with Crippen molar-refractivity contribution in [2.75, 3.05) is 0 Å². The predicted molar refractivity (Wildman–Crippen MR) is 76.2 cm³/mol. The normalized spacial score (nSPS) is 16.0. The Bertz CT molecular complexity index is 570. The minimum Gasteiger partial charge on any atom is -0.347 e. The molecule has 0 atom stereocenters. The molecule has 1 saturated carbocycles. The Morgan fingerprint density at radius 2 is 2.19 bits per heavy atom. The summed E-state index contributed by atoms with van der Waals surface area (Å²) in [7, 11) is 0. The fourth-order valence-corrected chi connectivity index (χ4v) is 2.83. The van der Waals surface area contributed by atoms with E-state index in [9.17, 15) is 4.79 Å². The maximum atomic E-state index is 11.9. The van der Waals surface area contributed by atoms with Gasteiger partial charge in [-0.25, -0.2) is 0 Å². The summed E-state index contributed by atoms with van der Waals surface area (Å²) in [4.78, 5) is 11.9. The highest BCUT2D eigenvalue weighted by Crippen LogP contribution is 2.28. The Morgan fingerprint density at radius 1 is 1.33 bits per heavy atom. The highest BCUT2D eigenvalue weighted by molar-refractivity contribution is 5.75. The number of hydrogen-bond acceptors (Lipinski definition) is 4. The first-order valence-electron chi connectivity index (χ1n) is 7.45. The topological polar surface area (TPSA) is 77.6 Å². The van der Waals surface area contributed by atoms with Gasteiger partial charge in [0.25, 0.3) is 0 Å². The van der Waals surface area contributed by atoms with Crippen molar-refractivity contribution < 1.29 is 4.79 Å². The maximum Gasteiger partial charge on any atom is 0.242 e. The van der Waals surface area contributed by atoms with Crippen molar-refractivity contribution >= 4 is 5.91 Å². The highest BCUT2D eigenvalue weighted by Gasteiger charge is 2.18. The Labute approximate surface area is 123 Å². The number of hydrogen-bond donors (Lipinski definition) is 1. The highest BCUT2D eigenvalue weighted by atomic mass is 16.2. The van der Waals surface area contributed by atoms with Gasteiger partial charge in [0.05, 0.1) is 6.54 Å². The lowest BCUT2D eigenvalue weighted by atomic mass is 9.95. The average molecular weight is 288 g/mol. The number of rotatable bonds is 5. The standard InChI is InChI=1S/C14H20N6O/c21-14(10-19-8-4-7-17-19)15-9-13-18-16-11-20(13)12-5-2-1-3-6-12/h4,7-8,11-12H,1-3,5-6,9-10H2,(H,15,21). The SMILES string of the molecule is O=C(Cn1cccn1)NCc1nncn1C1CCCCC1. The van der Waals surface area contributed by atoms with Crippen LogP contribution >= 0.6 is 0 Å². The molecule has 0 bridgehead atoms. The van der Waals surface area contributed by atoms with Crippen molar-refractivity contribution in [3.63, 3.8) is 0 Å². The number of nitrogens with one attached hydrogen (secondary N) is 1. The van der Waals surface area contributed by atoms with Gasteiger partial charge in [-0.3, -0.25) is 9.48 Å². The quantitative estimate of drug-likeness (QED) is 0.899. The zero-order valence-electron chi connectivity index (χ0n) is 12.0. The third-order valence-electron chi connectivity index (χ3n) is 3.92. The van der Waals surface area contributed by atoms with E-state index in [1.165, 1.54) is 32.1 Å². The second-order valence-corrected chi connectivity index (χ2v) is 5.43. The monoisotopic (exact) mass is 288 g/mol.